The van der Waals surface area contributed by atoms with Gasteiger partial charge < -0.3 is 9.64 Å². The van der Waals surface area contributed by atoms with Gasteiger partial charge in [-0.05, 0) is 37.0 Å². The number of benzene rings is 1. The number of ether oxygens (including phenoxy) is 1. The van der Waals surface area contributed by atoms with Gasteiger partial charge in [-0.25, -0.2) is 0 Å². The van der Waals surface area contributed by atoms with Gasteiger partial charge in [0, 0.05) is 39.3 Å². The first kappa shape index (κ1) is 16.3. The zero-order chi connectivity index (χ0) is 15.7. The van der Waals surface area contributed by atoms with Crippen molar-refractivity contribution in [2.24, 2.45) is 0 Å². The van der Waals surface area contributed by atoms with E-state index < -0.39 is 0 Å². The second kappa shape index (κ2) is 8.90. The van der Waals surface area contributed by atoms with E-state index in [1.54, 1.807) is 0 Å². The van der Waals surface area contributed by atoms with Crippen LogP contribution in [0.15, 0.2) is 54.3 Å². The maximum Gasteiger partial charge on any atom is 0.115 e. The standard InChI is InChI=1S/C20H28N2O/c1-3-7-19(8-4-1)11-12-21-13-15-22(16-14-21)17-18-23-20-9-5-2-6-10-20/h1,3-5,7-10H,2,6,11-18H2. The molecule has 3 rings (SSSR count). The monoisotopic (exact) mass is 312 g/mol. The summed E-state index contributed by atoms with van der Waals surface area (Å²) in [6.07, 6.45) is 9.92. The topological polar surface area (TPSA) is 15.7 Å². The summed E-state index contributed by atoms with van der Waals surface area (Å²) in [5.74, 6) is 1.05. The molecule has 2 aliphatic rings. The second-order valence-electron chi connectivity index (χ2n) is 6.35. The van der Waals surface area contributed by atoms with Gasteiger partial charge in [-0.1, -0.05) is 36.4 Å². The highest BCUT2D eigenvalue weighted by Gasteiger charge is 2.16. The number of rotatable bonds is 7. The lowest BCUT2D eigenvalue weighted by atomic mass is 10.1. The number of allylic oxidation sites excluding steroid dienone is 3. The summed E-state index contributed by atoms with van der Waals surface area (Å²) in [4.78, 5) is 5.10. The lowest BCUT2D eigenvalue weighted by Gasteiger charge is -2.34. The number of hydrogen-bond donors (Lipinski definition) is 0. The number of nitrogens with zero attached hydrogens (tertiary/aromatic N) is 2. The molecule has 3 heteroatoms. The van der Waals surface area contributed by atoms with E-state index in [0.29, 0.717) is 0 Å². The molecule has 0 spiro atoms. The molecule has 3 nitrogen and oxygen atoms in total. The molecular formula is C20H28N2O. The molecule has 1 heterocycles. The predicted octanol–water partition coefficient (Wildman–Crippen LogP) is 3.10. The SMILES string of the molecule is C1=CC(OCCN2CCN(CCc3ccccc3)CC2)=CCC1. The van der Waals surface area contributed by atoms with Crippen LogP contribution in [-0.4, -0.2) is 55.7 Å². The van der Waals surface area contributed by atoms with Gasteiger partial charge in [0.05, 0.1) is 0 Å². The molecule has 1 aromatic carbocycles. The van der Waals surface area contributed by atoms with Crippen LogP contribution in [-0.2, 0) is 11.2 Å². The van der Waals surface area contributed by atoms with E-state index in [2.05, 4.69) is 58.4 Å². The largest absolute Gasteiger partial charge is 0.493 e. The van der Waals surface area contributed by atoms with Gasteiger partial charge in [0.1, 0.15) is 12.4 Å². The van der Waals surface area contributed by atoms with Crippen LogP contribution >= 0.6 is 0 Å². The van der Waals surface area contributed by atoms with Crippen LogP contribution in [0.5, 0.6) is 0 Å². The van der Waals surface area contributed by atoms with Crippen molar-refractivity contribution in [3.63, 3.8) is 0 Å². The molecule has 1 aromatic rings. The third-order valence-electron chi connectivity index (χ3n) is 4.66. The van der Waals surface area contributed by atoms with E-state index in [0.717, 1.165) is 51.3 Å². The van der Waals surface area contributed by atoms with Gasteiger partial charge in [-0.2, -0.15) is 0 Å². The van der Waals surface area contributed by atoms with E-state index in [9.17, 15) is 0 Å². The minimum absolute atomic E-state index is 0.806. The maximum absolute atomic E-state index is 5.84. The number of hydrogen-bond acceptors (Lipinski definition) is 3. The Labute approximate surface area is 140 Å². The quantitative estimate of drug-likeness (QED) is 0.769. The van der Waals surface area contributed by atoms with E-state index in [-0.39, 0.29) is 0 Å². The Balaban J connectivity index is 1.29. The molecule has 1 aliphatic carbocycles. The summed E-state index contributed by atoms with van der Waals surface area (Å²) in [5, 5.41) is 0. The van der Waals surface area contributed by atoms with Crippen molar-refractivity contribution >= 4 is 0 Å². The van der Waals surface area contributed by atoms with Crippen LogP contribution in [0.3, 0.4) is 0 Å². The summed E-state index contributed by atoms with van der Waals surface area (Å²) < 4.78 is 5.84. The molecule has 0 bridgehead atoms. The molecule has 23 heavy (non-hydrogen) atoms. The van der Waals surface area contributed by atoms with Crippen LogP contribution in [0.25, 0.3) is 0 Å². The third-order valence-corrected chi connectivity index (χ3v) is 4.66. The Morgan fingerprint density at radius 3 is 2.30 bits per heavy atom. The smallest absolute Gasteiger partial charge is 0.115 e. The van der Waals surface area contributed by atoms with Crippen molar-refractivity contribution < 1.29 is 4.74 Å². The molecule has 0 aromatic heterocycles. The van der Waals surface area contributed by atoms with E-state index >= 15 is 0 Å². The average Bonchev–Trinajstić information content (AvgIpc) is 2.63. The first-order valence-electron chi connectivity index (χ1n) is 8.88. The molecule has 1 saturated heterocycles. The van der Waals surface area contributed by atoms with Crippen LogP contribution in [0.2, 0.25) is 0 Å². The fraction of sp³-hybridized carbons (Fsp3) is 0.500. The van der Waals surface area contributed by atoms with Crippen LogP contribution in [0.4, 0.5) is 0 Å². The summed E-state index contributed by atoms with van der Waals surface area (Å²) >= 11 is 0. The molecule has 1 fully saturated rings. The van der Waals surface area contributed by atoms with Crippen LogP contribution in [0, 0.1) is 0 Å². The lowest BCUT2D eigenvalue weighted by molar-refractivity contribution is 0.104. The Kier molecular flexibility index (Phi) is 6.30. The van der Waals surface area contributed by atoms with Crippen molar-refractivity contribution in [3.8, 4) is 0 Å². The second-order valence-corrected chi connectivity index (χ2v) is 6.35. The normalized spacial score (nSPS) is 19.6. The minimum atomic E-state index is 0.806. The highest BCUT2D eigenvalue weighted by molar-refractivity contribution is 5.16. The van der Waals surface area contributed by atoms with Crippen LogP contribution in [0.1, 0.15) is 18.4 Å². The first-order chi connectivity index (χ1) is 11.4. The molecule has 0 N–H and O–H groups in total. The predicted molar refractivity (Wildman–Crippen MR) is 95.4 cm³/mol. The first-order valence-corrected chi connectivity index (χ1v) is 8.88. The van der Waals surface area contributed by atoms with E-state index in [1.807, 2.05) is 0 Å². The molecule has 0 saturated carbocycles. The van der Waals surface area contributed by atoms with Gasteiger partial charge in [0.25, 0.3) is 0 Å². The third kappa shape index (κ3) is 5.52. The average molecular weight is 312 g/mol. The molecule has 0 unspecified atom stereocenters. The van der Waals surface area contributed by atoms with Gasteiger partial charge in [0.2, 0.25) is 0 Å². The highest BCUT2D eigenvalue weighted by Crippen LogP contribution is 2.11. The molecule has 0 radical (unpaired) electrons. The summed E-state index contributed by atoms with van der Waals surface area (Å²) in [7, 11) is 0. The van der Waals surface area contributed by atoms with E-state index in [1.165, 1.54) is 25.2 Å². The van der Waals surface area contributed by atoms with Crippen molar-refractivity contribution in [1.82, 2.24) is 9.80 Å². The molecule has 0 amide bonds. The summed E-state index contributed by atoms with van der Waals surface area (Å²) in [6, 6.07) is 10.8. The van der Waals surface area contributed by atoms with Gasteiger partial charge >= 0.3 is 0 Å². The Hall–Kier alpha value is -1.58. The van der Waals surface area contributed by atoms with Crippen molar-refractivity contribution in [2.45, 2.75) is 19.3 Å². The van der Waals surface area contributed by atoms with Crippen molar-refractivity contribution in [2.75, 3.05) is 45.9 Å². The van der Waals surface area contributed by atoms with Crippen LogP contribution < -0.4 is 0 Å². The maximum atomic E-state index is 5.84. The van der Waals surface area contributed by atoms with Crippen molar-refractivity contribution in [1.29, 1.82) is 0 Å². The lowest BCUT2D eigenvalue weighted by Crippen LogP contribution is -2.47. The molecular weight excluding hydrogens is 284 g/mol. The number of piperazine rings is 1. The Morgan fingerprint density at radius 1 is 0.870 bits per heavy atom. The van der Waals surface area contributed by atoms with Gasteiger partial charge in [-0.3, -0.25) is 4.90 Å². The van der Waals surface area contributed by atoms with Crippen molar-refractivity contribution in [3.05, 3.63) is 59.9 Å². The Bertz CT molecular complexity index is 516. The zero-order valence-corrected chi connectivity index (χ0v) is 14.0. The Morgan fingerprint density at radius 2 is 1.61 bits per heavy atom. The summed E-state index contributed by atoms with van der Waals surface area (Å²) in [6.45, 7) is 7.69. The fourth-order valence-corrected chi connectivity index (χ4v) is 3.16. The zero-order valence-electron chi connectivity index (χ0n) is 14.0. The van der Waals surface area contributed by atoms with E-state index in [4.69, 9.17) is 4.74 Å². The molecule has 1 aliphatic heterocycles. The minimum Gasteiger partial charge on any atom is -0.493 e. The van der Waals surface area contributed by atoms with Gasteiger partial charge in [0.15, 0.2) is 0 Å². The molecule has 124 valence electrons. The van der Waals surface area contributed by atoms with Gasteiger partial charge in [-0.15, -0.1) is 0 Å². The highest BCUT2D eigenvalue weighted by atomic mass is 16.5. The molecule has 0 atom stereocenters. The fourth-order valence-electron chi connectivity index (χ4n) is 3.16. The summed E-state index contributed by atoms with van der Waals surface area (Å²) in [5.41, 5.74) is 1.44.